The van der Waals surface area contributed by atoms with E-state index >= 15 is 0 Å². The lowest BCUT2D eigenvalue weighted by Crippen LogP contribution is -2.44. The first-order chi connectivity index (χ1) is 20.2. The Bertz CT molecular complexity index is 1470. The molecular formula is C32H40N6O5. The molecule has 1 saturated heterocycles. The molecule has 11 heteroatoms. The molecule has 3 N–H and O–H groups in total. The monoisotopic (exact) mass is 588 g/mol. The van der Waals surface area contributed by atoms with Crippen LogP contribution in [0.15, 0.2) is 54.7 Å². The topological polar surface area (TPSA) is 144 Å². The molecule has 0 spiro atoms. The average molecular weight is 589 g/mol. The molecule has 11 nitrogen and oxygen atoms in total. The minimum atomic E-state index is -0.752. The predicted molar refractivity (Wildman–Crippen MR) is 166 cm³/mol. The Balaban J connectivity index is 1.55. The van der Waals surface area contributed by atoms with Crippen LogP contribution in [-0.4, -0.2) is 63.7 Å². The van der Waals surface area contributed by atoms with Crippen LogP contribution >= 0.6 is 0 Å². The number of aromatic nitrogens is 2. The van der Waals surface area contributed by atoms with E-state index < -0.39 is 17.3 Å². The van der Waals surface area contributed by atoms with Crippen molar-refractivity contribution in [2.75, 3.05) is 23.7 Å². The summed E-state index contributed by atoms with van der Waals surface area (Å²) in [5.41, 5.74) is 6.73. The van der Waals surface area contributed by atoms with E-state index in [1.807, 2.05) is 45.0 Å². The molecule has 3 aromatic rings. The van der Waals surface area contributed by atoms with E-state index in [2.05, 4.69) is 4.98 Å². The third-order valence-electron chi connectivity index (χ3n) is 6.42. The van der Waals surface area contributed by atoms with Gasteiger partial charge in [-0.15, -0.1) is 0 Å². The Labute approximate surface area is 252 Å². The Hall–Kier alpha value is -4.67. The van der Waals surface area contributed by atoms with E-state index in [1.165, 1.54) is 4.90 Å². The second-order valence-corrected chi connectivity index (χ2v) is 12.3. The molecule has 1 aliphatic rings. The van der Waals surface area contributed by atoms with Gasteiger partial charge < -0.3 is 30.3 Å². The second-order valence-electron chi connectivity index (χ2n) is 12.3. The molecule has 1 aromatic heterocycles. The average Bonchev–Trinajstić information content (AvgIpc) is 2.93. The molecule has 1 aliphatic heterocycles. The number of likely N-dealkylation sites (tertiary alicyclic amines) is 1. The van der Waals surface area contributed by atoms with E-state index in [1.54, 1.807) is 56.1 Å². The van der Waals surface area contributed by atoms with Crippen molar-refractivity contribution >= 4 is 35.6 Å². The summed E-state index contributed by atoms with van der Waals surface area (Å²) in [5.74, 6) is 1.33. The molecule has 228 valence electrons. The first-order valence-electron chi connectivity index (χ1n) is 14.2. The minimum Gasteiger partial charge on any atom is -0.490 e. The smallest absolute Gasteiger partial charge is 0.420 e. The summed E-state index contributed by atoms with van der Waals surface area (Å²) in [6, 6.07) is 14.0. The fourth-order valence-corrected chi connectivity index (χ4v) is 4.46. The lowest BCUT2D eigenvalue weighted by molar-refractivity contribution is 0.0126. The van der Waals surface area contributed by atoms with E-state index in [-0.39, 0.29) is 12.2 Å². The quantitative estimate of drug-likeness (QED) is 0.243. The maximum atomic E-state index is 13.4. The van der Waals surface area contributed by atoms with Gasteiger partial charge in [-0.2, -0.15) is 0 Å². The first kappa shape index (κ1) is 31.3. The number of nitrogens with one attached hydrogen (secondary N) is 1. The molecule has 4 rings (SSSR count). The van der Waals surface area contributed by atoms with Crippen molar-refractivity contribution in [1.82, 2.24) is 14.9 Å². The SMILES string of the molecule is CC(C)(C)OC(=O)N1CCC(Oc2cccc(-c3nccc(N(C(=O)OC(C)(C)C)c4ccc(N)c(C=N)c4)n3)c2)CC1. The van der Waals surface area contributed by atoms with Crippen LogP contribution in [0.3, 0.4) is 0 Å². The minimum absolute atomic E-state index is 0.0580. The Kier molecular flexibility index (Phi) is 9.22. The summed E-state index contributed by atoms with van der Waals surface area (Å²) in [5, 5.41) is 7.70. The number of nitrogen functional groups attached to an aromatic ring is 1. The van der Waals surface area contributed by atoms with Gasteiger partial charge in [-0.1, -0.05) is 12.1 Å². The van der Waals surface area contributed by atoms with Crippen LogP contribution in [-0.2, 0) is 9.47 Å². The number of carbonyl (C=O) groups excluding carboxylic acids is 2. The van der Waals surface area contributed by atoms with Crippen molar-refractivity contribution < 1.29 is 23.8 Å². The van der Waals surface area contributed by atoms with Gasteiger partial charge in [-0.3, -0.25) is 0 Å². The molecule has 43 heavy (non-hydrogen) atoms. The zero-order chi connectivity index (χ0) is 31.4. The maximum Gasteiger partial charge on any atom is 0.420 e. The number of piperidine rings is 1. The van der Waals surface area contributed by atoms with E-state index in [0.29, 0.717) is 65.8 Å². The number of benzene rings is 2. The highest BCUT2D eigenvalue weighted by molar-refractivity contribution is 5.97. The summed E-state index contributed by atoms with van der Waals surface area (Å²) >= 11 is 0. The van der Waals surface area contributed by atoms with E-state index in [9.17, 15) is 9.59 Å². The Morgan fingerprint density at radius 2 is 1.70 bits per heavy atom. The molecular weight excluding hydrogens is 548 g/mol. The molecule has 1 fully saturated rings. The standard InChI is InChI=1S/C32H40N6O5/c1-31(2,3)42-29(39)37-16-13-24(14-17-37)41-25-9-7-8-21(19-25)28-35-15-12-27(36-28)38(30(40)43-32(4,5)6)23-10-11-26(34)22(18-23)20-33/h7-12,15,18-20,24,33H,13-14,16-17,34H2,1-6H3. The van der Waals surface area contributed by atoms with Gasteiger partial charge in [0.2, 0.25) is 0 Å². The zero-order valence-corrected chi connectivity index (χ0v) is 25.6. The van der Waals surface area contributed by atoms with Crippen LogP contribution in [0.2, 0.25) is 0 Å². The highest BCUT2D eigenvalue weighted by Gasteiger charge is 2.29. The lowest BCUT2D eigenvalue weighted by atomic mass is 10.1. The molecule has 2 heterocycles. The van der Waals surface area contributed by atoms with Crippen LogP contribution in [0.25, 0.3) is 11.4 Å². The molecule has 0 saturated carbocycles. The number of amides is 2. The molecule has 2 amide bonds. The molecule has 2 aromatic carbocycles. The van der Waals surface area contributed by atoms with Gasteiger partial charge in [0.05, 0.1) is 5.69 Å². The van der Waals surface area contributed by atoms with Gasteiger partial charge in [0, 0.05) is 55.2 Å². The fraction of sp³-hybridized carbons (Fsp3) is 0.406. The summed E-state index contributed by atoms with van der Waals surface area (Å²) < 4.78 is 17.5. The van der Waals surface area contributed by atoms with E-state index in [4.69, 9.17) is 30.3 Å². The number of rotatable bonds is 6. The molecule has 0 bridgehead atoms. The van der Waals surface area contributed by atoms with E-state index in [0.717, 1.165) is 6.21 Å². The van der Waals surface area contributed by atoms with Gasteiger partial charge in [-0.25, -0.2) is 24.5 Å². The fourth-order valence-electron chi connectivity index (χ4n) is 4.46. The number of hydrogen-bond donors (Lipinski definition) is 2. The Morgan fingerprint density at radius 3 is 2.35 bits per heavy atom. The number of nitrogens with zero attached hydrogens (tertiary/aromatic N) is 4. The predicted octanol–water partition coefficient (Wildman–Crippen LogP) is 6.57. The van der Waals surface area contributed by atoms with Gasteiger partial charge in [0.1, 0.15) is 28.9 Å². The highest BCUT2D eigenvalue weighted by atomic mass is 16.6. The summed E-state index contributed by atoms with van der Waals surface area (Å²) in [6.07, 6.45) is 3.07. The number of carbonyl (C=O) groups is 2. The summed E-state index contributed by atoms with van der Waals surface area (Å²) in [4.78, 5) is 38.0. The van der Waals surface area contributed by atoms with Crippen LogP contribution in [0.4, 0.5) is 26.8 Å². The number of ether oxygens (including phenoxy) is 3. The third kappa shape index (κ3) is 8.43. The van der Waals surface area contributed by atoms with Crippen LogP contribution in [0.5, 0.6) is 5.75 Å². The molecule has 0 atom stereocenters. The van der Waals surface area contributed by atoms with Crippen LogP contribution < -0.4 is 15.4 Å². The van der Waals surface area contributed by atoms with Crippen LogP contribution in [0, 0.1) is 5.41 Å². The molecule has 0 aliphatic carbocycles. The maximum absolute atomic E-state index is 13.4. The number of nitrogens with two attached hydrogens (primary N) is 1. The van der Waals surface area contributed by atoms with Crippen molar-refractivity contribution in [3.8, 4) is 17.1 Å². The van der Waals surface area contributed by atoms with Gasteiger partial charge in [0.15, 0.2) is 5.82 Å². The van der Waals surface area contributed by atoms with Crippen LogP contribution in [0.1, 0.15) is 59.9 Å². The Morgan fingerprint density at radius 1 is 1.00 bits per heavy atom. The second kappa shape index (κ2) is 12.7. The van der Waals surface area contributed by atoms with Crippen molar-refractivity contribution in [3.63, 3.8) is 0 Å². The normalized spacial score (nSPS) is 14.1. The zero-order valence-electron chi connectivity index (χ0n) is 25.6. The van der Waals surface area contributed by atoms with Crippen molar-refractivity contribution in [1.29, 1.82) is 5.41 Å². The summed E-state index contributed by atoms with van der Waals surface area (Å²) in [7, 11) is 0. The first-order valence-corrected chi connectivity index (χ1v) is 14.2. The summed E-state index contributed by atoms with van der Waals surface area (Å²) in [6.45, 7) is 12.0. The lowest BCUT2D eigenvalue weighted by Gasteiger charge is -2.33. The number of anilines is 3. The van der Waals surface area contributed by atoms with Crippen molar-refractivity contribution in [3.05, 3.63) is 60.3 Å². The molecule has 0 radical (unpaired) electrons. The van der Waals surface area contributed by atoms with Crippen molar-refractivity contribution in [2.45, 2.75) is 71.7 Å². The van der Waals surface area contributed by atoms with Gasteiger partial charge in [-0.05, 0) is 77.9 Å². The van der Waals surface area contributed by atoms with Gasteiger partial charge >= 0.3 is 12.2 Å². The van der Waals surface area contributed by atoms with Crippen molar-refractivity contribution in [2.24, 2.45) is 0 Å². The largest absolute Gasteiger partial charge is 0.490 e. The highest BCUT2D eigenvalue weighted by Crippen LogP contribution is 2.31. The molecule has 0 unspecified atom stereocenters. The number of hydrogen-bond acceptors (Lipinski definition) is 9. The third-order valence-corrected chi connectivity index (χ3v) is 6.42. The van der Waals surface area contributed by atoms with Gasteiger partial charge in [0.25, 0.3) is 0 Å².